The molecule has 1 fully saturated rings. The molecule has 2 aliphatic heterocycles. The third-order valence-corrected chi connectivity index (χ3v) is 5.91. The molecule has 110 valence electrons. The number of ether oxygens (including phenoxy) is 2. The molecule has 0 amide bonds. The summed E-state index contributed by atoms with van der Waals surface area (Å²) in [6, 6.07) is 4.80. The summed E-state index contributed by atoms with van der Waals surface area (Å²) in [4.78, 5) is 0.253. The van der Waals surface area contributed by atoms with Gasteiger partial charge in [0.25, 0.3) is 0 Å². The molecule has 2 atom stereocenters. The Morgan fingerprint density at radius 3 is 2.80 bits per heavy atom. The number of nitrogens with one attached hydrogen (secondary N) is 1. The molecule has 1 aromatic carbocycles. The van der Waals surface area contributed by atoms with E-state index in [-0.39, 0.29) is 23.8 Å². The van der Waals surface area contributed by atoms with Crippen LogP contribution in [-0.2, 0) is 10.0 Å². The first kappa shape index (κ1) is 13.7. The van der Waals surface area contributed by atoms with Crippen molar-refractivity contribution in [3.8, 4) is 11.5 Å². The zero-order chi connectivity index (χ0) is 14.3. The lowest BCUT2D eigenvalue weighted by Crippen LogP contribution is -2.57. The molecular formula is C13H18N2O4S. The monoisotopic (exact) mass is 298 g/mol. The van der Waals surface area contributed by atoms with Gasteiger partial charge in [-0.1, -0.05) is 0 Å². The van der Waals surface area contributed by atoms with Gasteiger partial charge in [0.05, 0.1) is 4.90 Å². The highest BCUT2D eigenvalue weighted by molar-refractivity contribution is 7.89. The lowest BCUT2D eigenvalue weighted by molar-refractivity contribution is 0.174. The minimum absolute atomic E-state index is 0.0841. The summed E-state index contributed by atoms with van der Waals surface area (Å²) in [6.07, 6.45) is 0. The largest absolute Gasteiger partial charge is 0.454 e. The van der Waals surface area contributed by atoms with Crippen LogP contribution in [0.3, 0.4) is 0 Å². The SMILES string of the molecule is C[C@H]1NCCN(S(=O)(=O)c2ccc3c(c2)OCO3)[C@H]1C. The first-order chi connectivity index (χ1) is 9.50. The van der Waals surface area contributed by atoms with Crippen LogP contribution in [0.15, 0.2) is 23.1 Å². The van der Waals surface area contributed by atoms with E-state index >= 15 is 0 Å². The molecule has 7 heteroatoms. The van der Waals surface area contributed by atoms with E-state index in [2.05, 4.69) is 5.32 Å². The Morgan fingerprint density at radius 2 is 2.00 bits per heavy atom. The molecule has 0 aromatic heterocycles. The average molecular weight is 298 g/mol. The molecule has 0 spiro atoms. The summed E-state index contributed by atoms with van der Waals surface area (Å²) < 4.78 is 37.5. The van der Waals surface area contributed by atoms with Gasteiger partial charge in [-0.3, -0.25) is 0 Å². The molecule has 2 heterocycles. The van der Waals surface area contributed by atoms with Crippen LogP contribution in [0.25, 0.3) is 0 Å². The number of hydrogen-bond donors (Lipinski definition) is 1. The van der Waals surface area contributed by atoms with Crippen molar-refractivity contribution in [2.45, 2.75) is 30.8 Å². The Morgan fingerprint density at radius 1 is 1.25 bits per heavy atom. The van der Waals surface area contributed by atoms with Crippen molar-refractivity contribution in [3.63, 3.8) is 0 Å². The zero-order valence-electron chi connectivity index (χ0n) is 11.5. The van der Waals surface area contributed by atoms with E-state index in [4.69, 9.17) is 9.47 Å². The van der Waals surface area contributed by atoms with Gasteiger partial charge in [-0.05, 0) is 26.0 Å². The Balaban J connectivity index is 1.95. The summed E-state index contributed by atoms with van der Waals surface area (Å²) in [5, 5.41) is 3.28. The van der Waals surface area contributed by atoms with Gasteiger partial charge >= 0.3 is 0 Å². The number of benzene rings is 1. The summed E-state index contributed by atoms with van der Waals surface area (Å²) >= 11 is 0. The molecule has 20 heavy (non-hydrogen) atoms. The van der Waals surface area contributed by atoms with Gasteiger partial charge < -0.3 is 14.8 Å². The van der Waals surface area contributed by atoms with E-state index in [0.717, 1.165) is 0 Å². The van der Waals surface area contributed by atoms with Gasteiger partial charge in [0, 0.05) is 31.2 Å². The summed E-state index contributed by atoms with van der Waals surface area (Å²) in [5.74, 6) is 1.08. The Hall–Kier alpha value is -1.31. The quantitative estimate of drug-likeness (QED) is 0.874. The van der Waals surface area contributed by atoms with Crippen molar-refractivity contribution in [2.75, 3.05) is 19.9 Å². The Labute approximate surface area is 118 Å². The molecule has 0 unspecified atom stereocenters. The van der Waals surface area contributed by atoms with E-state index in [9.17, 15) is 8.42 Å². The predicted molar refractivity (Wildman–Crippen MR) is 73.4 cm³/mol. The fourth-order valence-corrected chi connectivity index (χ4v) is 4.26. The summed E-state index contributed by atoms with van der Waals surface area (Å²) in [6.45, 7) is 5.19. The van der Waals surface area contributed by atoms with E-state index < -0.39 is 10.0 Å². The first-order valence-electron chi connectivity index (χ1n) is 6.65. The predicted octanol–water partition coefficient (Wildman–Crippen LogP) is 0.786. The van der Waals surface area contributed by atoms with Crippen LogP contribution in [0.5, 0.6) is 11.5 Å². The van der Waals surface area contributed by atoms with Crippen molar-refractivity contribution in [1.82, 2.24) is 9.62 Å². The van der Waals surface area contributed by atoms with Crippen LogP contribution in [-0.4, -0.2) is 44.7 Å². The highest BCUT2D eigenvalue weighted by Crippen LogP contribution is 2.35. The Kier molecular flexibility index (Phi) is 3.35. The maximum atomic E-state index is 12.7. The molecule has 0 radical (unpaired) electrons. The van der Waals surface area contributed by atoms with Crippen molar-refractivity contribution in [3.05, 3.63) is 18.2 Å². The van der Waals surface area contributed by atoms with Gasteiger partial charge in [-0.25, -0.2) is 8.42 Å². The average Bonchev–Trinajstić information content (AvgIpc) is 2.89. The van der Waals surface area contributed by atoms with E-state index in [1.54, 1.807) is 16.4 Å². The molecule has 0 bridgehead atoms. The van der Waals surface area contributed by atoms with Crippen LogP contribution in [0.1, 0.15) is 13.8 Å². The number of hydrogen-bond acceptors (Lipinski definition) is 5. The third-order valence-electron chi connectivity index (χ3n) is 3.93. The molecule has 2 aliphatic rings. The molecule has 0 saturated carbocycles. The molecule has 6 nitrogen and oxygen atoms in total. The Bertz CT molecular complexity index is 617. The molecule has 3 rings (SSSR count). The second-order valence-electron chi connectivity index (χ2n) is 5.11. The van der Waals surface area contributed by atoms with Crippen LogP contribution in [0.4, 0.5) is 0 Å². The van der Waals surface area contributed by atoms with Gasteiger partial charge in [0.1, 0.15) is 0 Å². The van der Waals surface area contributed by atoms with Gasteiger partial charge in [-0.2, -0.15) is 4.31 Å². The zero-order valence-corrected chi connectivity index (χ0v) is 12.3. The van der Waals surface area contributed by atoms with Crippen molar-refractivity contribution in [1.29, 1.82) is 0 Å². The normalized spacial score (nSPS) is 26.7. The van der Waals surface area contributed by atoms with Crippen molar-refractivity contribution in [2.24, 2.45) is 0 Å². The minimum Gasteiger partial charge on any atom is -0.454 e. The highest BCUT2D eigenvalue weighted by Gasteiger charge is 2.35. The smallest absolute Gasteiger partial charge is 0.243 e. The minimum atomic E-state index is -3.51. The second-order valence-corrected chi connectivity index (χ2v) is 7.00. The van der Waals surface area contributed by atoms with Crippen LogP contribution in [0, 0.1) is 0 Å². The maximum Gasteiger partial charge on any atom is 0.243 e. The highest BCUT2D eigenvalue weighted by atomic mass is 32.2. The van der Waals surface area contributed by atoms with Gasteiger partial charge in [0.15, 0.2) is 11.5 Å². The molecule has 0 aliphatic carbocycles. The summed E-state index contributed by atoms with van der Waals surface area (Å²) in [5.41, 5.74) is 0. The van der Waals surface area contributed by atoms with E-state index in [0.29, 0.717) is 24.6 Å². The number of fused-ring (bicyclic) bond motifs is 1. The second kappa shape index (κ2) is 4.91. The molecule has 1 aromatic rings. The molecule has 1 saturated heterocycles. The number of piperazine rings is 1. The lowest BCUT2D eigenvalue weighted by atomic mass is 10.1. The van der Waals surface area contributed by atoms with Crippen LogP contribution < -0.4 is 14.8 Å². The number of rotatable bonds is 2. The maximum absolute atomic E-state index is 12.7. The molecule has 1 N–H and O–H groups in total. The van der Waals surface area contributed by atoms with Crippen molar-refractivity contribution >= 4 is 10.0 Å². The lowest BCUT2D eigenvalue weighted by Gasteiger charge is -2.37. The molecular weight excluding hydrogens is 280 g/mol. The van der Waals surface area contributed by atoms with Gasteiger partial charge in [-0.15, -0.1) is 0 Å². The number of sulfonamides is 1. The standard InChI is InChI=1S/C13H18N2O4S/c1-9-10(2)15(6-5-14-9)20(16,17)11-3-4-12-13(7-11)19-8-18-12/h3-4,7,9-10,14H,5-6,8H2,1-2H3/t9-,10+/m1/s1. The fraction of sp³-hybridized carbons (Fsp3) is 0.538. The third kappa shape index (κ3) is 2.15. The van der Waals surface area contributed by atoms with Crippen LogP contribution in [0.2, 0.25) is 0 Å². The number of nitrogens with zero attached hydrogens (tertiary/aromatic N) is 1. The fourth-order valence-electron chi connectivity index (χ4n) is 2.54. The van der Waals surface area contributed by atoms with Gasteiger partial charge in [0.2, 0.25) is 16.8 Å². The summed E-state index contributed by atoms with van der Waals surface area (Å²) in [7, 11) is -3.51. The van der Waals surface area contributed by atoms with E-state index in [1.807, 2.05) is 13.8 Å². The van der Waals surface area contributed by atoms with E-state index in [1.165, 1.54) is 6.07 Å². The van der Waals surface area contributed by atoms with Crippen molar-refractivity contribution < 1.29 is 17.9 Å². The first-order valence-corrected chi connectivity index (χ1v) is 8.09. The van der Waals surface area contributed by atoms with Crippen LogP contribution >= 0.6 is 0 Å². The topological polar surface area (TPSA) is 67.9 Å².